The van der Waals surface area contributed by atoms with E-state index in [0.29, 0.717) is 6.04 Å². The number of hydrogen-bond donors (Lipinski definition) is 1. The van der Waals surface area contributed by atoms with Crippen LogP contribution in [0.15, 0.2) is 36.7 Å². The van der Waals surface area contributed by atoms with Gasteiger partial charge in [0.25, 0.3) is 0 Å². The molecule has 102 valence electrons. The van der Waals surface area contributed by atoms with E-state index >= 15 is 0 Å². The van der Waals surface area contributed by atoms with E-state index in [2.05, 4.69) is 59.2 Å². The zero-order valence-electron chi connectivity index (χ0n) is 12.1. The third-order valence-electron chi connectivity index (χ3n) is 3.51. The molecule has 2 aromatic rings. The maximum absolute atomic E-state index is 4.47. The van der Waals surface area contributed by atoms with Crippen molar-refractivity contribution >= 4 is 0 Å². The first kappa shape index (κ1) is 13.8. The third-order valence-corrected chi connectivity index (χ3v) is 3.51. The normalized spacial score (nSPS) is 12.6. The van der Waals surface area contributed by atoms with Crippen molar-refractivity contribution < 1.29 is 0 Å². The summed E-state index contributed by atoms with van der Waals surface area (Å²) in [5.74, 6) is 1.06. The SMILES string of the molecule is CCCn1ccnc1-c1ccc(C(CC)NC)cc1. The van der Waals surface area contributed by atoms with E-state index in [1.165, 1.54) is 11.1 Å². The highest BCUT2D eigenvalue weighted by Gasteiger charge is 2.08. The van der Waals surface area contributed by atoms with E-state index in [1.807, 2.05) is 13.2 Å². The second-order valence-electron chi connectivity index (χ2n) is 4.82. The lowest BCUT2D eigenvalue weighted by molar-refractivity contribution is 0.577. The molecule has 0 aliphatic rings. The van der Waals surface area contributed by atoms with Crippen molar-refractivity contribution in [1.29, 1.82) is 0 Å². The Hall–Kier alpha value is -1.61. The van der Waals surface area contributed by atoms with Crippen LogP contribution in [0.1, 0.15) is 38.3 Å². The molecule has 0 aliphatic carbocycles. The van der Waals surface area contributed by atoms with Gasteiger partial charge in [0, 0.05) is 30.5 Å². The lowest BCUT2D eigenvalue weighted by Gasteiger charge is -2.14. The van der Waals surface area contributed by atoms with Gasteiger partial charge in [-0.2, -0.15) is 0 Å². The summed E-state index contributed by atoms with van der Waals surface area (Å²) in [5.41, 5.74) is 2.52. The zero-order chi connectivity index (χ0) is 13.7. The molecule has 1 N–H and O–H groups in total. The van der Waals surface area contributed by atoms with Gasteiger partial charge in [-0.25, -0.2) is 4.98 Å². The van der Waals surface area contributed by atoms with Crippen LogP contribution >= 0.6 is 0 Å². The molecule has 0 saturated carbocycles. The molecule has 1 aromatic heterocycles. The van der Waals surface area contributed by atoms with Crippen LogP contribution in [0.5, 0.6) is 0 Å². The molecule has 1 aromatic carbocycles. The van der Waals surface area contributed by atoms with Crippen molar-refractivity contribution in [2.75, 3.05) is 7.05 Å². The molecule has 3 nitrogen and oxygen atoms in total. The average molecular weight is 257 g/mol. The van der Waals surface area contributed by atoms with E-state index in [0.717, 1.165) is 25.2 Å². The number of aromatic nitrogens is 2. The van der Waals surface area contributed by atoms with Gasteiger partial charge in [0.1, 0.15) is 5.82 Å². The minimum absolute atomic E-state index is 0.435. The Morgan fingerprint density at radius 3 is 2.53 bits per heavy atom. The fourth-order valence-electron chi connectivity index (χ4n) is 2.46. The predicted molar refractivity (Wildman–Crippen MR) is 80.0 cm³/mol. The summed E-state index contributed by atoms with van der Waals surface area (Å²) >= 11 is 0. The summed E-state index contributed by atoms with van der Waals surface area (Å²) in [6.45, 7) is 5.40. The van der Waals surface area contributed by atoms with Crippen molar-refractivity contribution in [2.24, 2.45) is 0 Å². The zero-order valence-corrected chi connectivity index (χ0v) is 12.1. The second-order valence-corrected chi connectivity index (χ2v) is 4.82. The van der Waals surface area contributed by atoms with E-state index in [-0.39, 0.29) is 0 Å². The number of hydrogen-bond acceptors (Lipinski definition) is 2. The molecule has 1 heterocycles. The van der Waals surface area contributed by atoms with Gasteiger partial charge in [0.15, 0.2) is 0 Å². The lowest BCUT2D eigenvalue weighted by Crippen LogP contribution is -2.14. The molecular formula is C16H23N3. The number of nitrogens with zero attached hydrogens (tertiary/aromatic N) is 2. The van der Waals surface area contributed by atoms with E-state index in [4.69, 9.17) is 0 Å². The molecule has 0 aliphatic heterocycles. The van der Waals surface area contributed by atoms with E-state index in [9.17, 15) is 0 Å². The summed E-state index contributed by atoms with van der Waals surface area (Å²) in [5, 5.41) is 3.33. The maximum Gasteiger partial charge on any atom is 0.139 e. The van der Waals surface area contributed by atoms with Crippen molar-refractivity contribution in [3.8, 4) is 11.4 Å². The maximum atomic E-state index is 4.47. The number of rotatable bonds is 6. The van der Waals surface area contributed by atoms with Crippen molar-refractivity contribution in [3.05, 3.63) is 42.2 Å². The molecule has 0 bridgehead atoms. The Morgan fingerprint density at radius 2 is 1.95 bits per heavy atom. The van der Waals surface area contributed by atoms with Crippen molar-refractivity contribution in [1.82, 2.24) is 14.9 Å². The van der Waals surface area contributed by atoms with Crippen molar-refractivity contribution in [2.45, 2.75) is 39.3 Å². The van der Waals surface area contributed by atoms with Gasteiger partial charge < -0.3 is 9.88 Å². The summed E-state index contributed by atoms with van der Waals surface area (Å²) in [4.78, 5) is 4.47. The Morgan fingerprint density at radius 1 is 1.21 bits per heavy atom. The monoisotopic (exact) mass is 257 g/mol. The first-order valence-corrected chi connectivity index (χ1v) is 7.08. The average Bonchev–Trinajstić information content (AvgIpc) is 2.90. The summed E-state index contributed by atoms with van der Waals surface area (Å²) in [7, 11) is 2.01. The molecule has 0 amide bonds. The molecule has 2 rings (SSSR count). The summed E-state index contributed by atoms with van der Waals surface area (Å²) in [6.07, 6.45) is 6.15. The molecular weight excluding hydrogens is 234 g/mol. The van der Waals surface area contributed by atoms with Gasteiger partial charge in [-0.15, -0.1) is 0 Å². The van der Waals surface area contributed by atoms with Crippen LogP contribution in [0.25, 0.3) is 11.4 Å². The minimum atomic E-state index is 0.435. The van der Waals surface area contributed by atoms with Crippen LogP contribution in [0.2, 0.25) is 0 Å². The fourth-order valence-corrected chi connectivity index (χ4v) is 2.46. The van der Waals surface area contributed by atoms with Gasteiger partial charge in [-0.1, -0.05) is 38.1 Å². The Bertz CT molecular complexity index is 495. The first-order chi connectivity index (χ1) is 9.30. The number of aryl methyl sites for hydroxylation is 1. The van der Waals surface area contributed by atoms with Gasteiger partial charge in [0.2, 0.25) is 0 Å². The third kappa shape index (κ3) is 3.04. The smallest absolute Gasteiger partial charge is 0.139 e. The minimum Gasteiger partial charge on any atom is -0.331 e. The van der Waals surface area contributed by atoms with Gasteiger partial charge in [0.05, 0.1) is 0 Å². The highest BCUT2D eigenvalue weighted by Crippen LogP contribution is 2.22. The van der Waals surface area contributed by atoms with Crippen molar-refractivity contribution in [3.63, 3.8) is 0 Å². The Labute approximate surface area is 115 Å². The van der Waals surface area contributed by atoms with Crippen LogP contribution in [-0.4, -0.2) is 16.6 Å². The highest BCUT2D eigenvalue weighted by molar-refractivity contribution is 5.56. The molecule has 0 fully saturated rings. The van der Waals surface area contributed by atoms with Crippen LogP contribution in [0, 0.1) is 0 Å². The summed E-state index contributed by atoms with van der Waals surface area (Å²) < 4.78 is 2.21. The molecule has 1 unspecified atom stereocenters. The predicted octanol–water partition coefficient (Wildman–Crippen LogP) is 3.63. The van der Waals surface area contributed by atoms with Crippen LogP contribution in [-0.2, 0) is 6.54 Å². The number of imidazole rings is 1. The molecule has 19 heavy (non-hydrogen) atoms. The molecule has 0 radical (unpaired) electrons. The summed E-state index contributed by atoms with van der Waals surface area (Å²) in [6, 6.07) is 9.17. The van der Waals surface area contributed by atoms with Crippen LogP contribution in [0.3, 0.4) is 0 Å². The van der Waals surface area contributed by atoms with E-state index < -0.39 is 0 Å². The topological polar surface area (TPSA) is 29.9 Å². The quantitative estimate of drug-likeness (QED) is 0.856. The number of nitrogens with one attached hydrogen (secondary N) is 1. The van der Waals surface area contributed by atoms with E-state index in [1.54, 1.807) is 0 Å². The Balaban J connectivity index is 2.24. The molecule has 0 saturated heterocycles. The molecule has 3 heteroatoms. The first-order valence-electron chi connectivity index (χ1n) is 7.08. The molecule has 1 atom stereocenters. The standard InChI is InChI=1S/C16H23N3/c1-4-11-19-12-10-18-16(19)14-8-6-13(7-9-14)15(5-2)17-3/h6-10,12,15,17H,4-5,11H2,1-3H3. The highest BCUT2D eigenvalue weighted by atomic mass is 15.1. The van der Waals surface area contributed by atoms with Crippen LogP contribution < -0.4 is 5.32 Å². The lowest BCUT2D eigenvalue weighted by atomic mass is 10.0. The van der Waals surface area contributed by atoms with Gasteiger partial charge in [-0.3, -0.25) is 0 Å². The largest absolute Gasteiger partial charge is 0.331 e. The fraction of sp³-hybridized carbons (Fsp3) is 0.438. The van der Waals surface area contributed by atoms with Gasteiger partial charge in [-0.05, 0) is 25.5 Å². The van der Waals surface area contributed by atoms with Gasteiger partial charge >= 0.3 is 0 Å². The molecule has 0 spiro atoms. The van der Waals surface area contributed by atoms with Crippen LogP contribution in [0.4, 0.5) is 0 Å². The number of benzene rings is 1. The Kier molecular flexibility index (Phi) is 4.74. The second kappa shape index (κ2) is 6.53.